The Labute approximate surface area is 231 Å². The SMILES string of the molecule is C=C(Nc1cncc(-c2cccs2)c1C)c1n[nH]c2ccc(-c3cncc(CNCc4ccccc4)c3)cc12. The number of fused-ring (bicyclic) bond motifs is 1. The molecule has 0 aliphatic carbocycles. The molecule has 39 heavy (non-hydrogen) atoms. The van der Waals surface area contributed by atoms with Crippen LogP contribution < -0.4 is 10.6 Å². The number of hydrogen-bond acceptors (Lipinski definition) is 6. The van der Waals surface area contributed by atoms with Gasteiger partial charge in [0.05, 0.1) is 23.1 Å². The molecule has 6 aromatic rings. The molecule has 0 saturated carbocycles. The van der Waals surface area contributed by atoms with Crippen LogP contribution in [0.2, 0.25) is 0 Å². The zero-order valence-electron chi connectivity index (χ0n) is 21.6. The van der Waals surface area contributed by atoms with Gasteiger partial charge in [-0.05, 0) is 58.8 Å². The molecule has 4 aromatic heterocycles. The second kappa shape index (κ2) is 11.0. The molecule has 0 unspecified atom stereocenters. The van der Waals surface area contributed by atoms with Gasteiger partial charge < -0.3 is 10.6 Å². The van der Waals surface area contributed by atoms with E-state index >= 15 is 0 Å². The summed E-state index contributed by atoms with van der Waals surface area (Å²) in [4.78, 5) is 10.2. The molecule has 4 heterocycles. The summed E-state index contributed by atoms with van der Waals surface area (Å²) in [6.07, 6.45) is 7.56. The lowest BCUT2D eigenvalue weighted by atomic mass is 10.0. The second-order valence-electron chi connectivity index (χ2n) is 9.44. The van der Waals surface area contributed by atoms with Crippen molar-refractivity contribution in [2.24, 2.45) is 0 Å². The molecule has 0 aliphatic rings. The van der Waals surface area contributed by atoms with E-state index in [1.165, 1.54) is 10.4 Å². The Kier molecular flexibility index (Phi) is 6.99. The summed E-state index contributed by atoms with van der Waals surface area (Å²) in [5.41, 5.74) is 10.1. The third-order valence-corrected chi connectivity index (χ3v) is 7.67. The Hall–Kier alpha value is -4.59. The minimum Gasteiger partial charge on any atom is -0.353 e. The van der Waals surface area contributed by atoms with Gasteiger partial charge in [-0.25, -0.2) is 0 Å². The van der Waals surface area contributed by atoms with E-state index in [0.29, 0.717) is 5.70 Å². The first-order valence-electron chi connectivity index (χ1n) is 12.8. The van der Waals surface area contributed by atoms with Crippen molar-refractivity contribution >= 4 is 33.6 Å². The number of aromatic amines is 1. The smallest absolute Gasteiger partial charge is 0.116 e. The van der Waals surface area contributed by atoms with Crippen molar-refractivity contribution in [1.29, 1.82) is 0 Å². The summed E-state index contributed by atoms with van der Waals surface area (Å²) in [6.45, 7) is 7.97. The van der Waals surface area contributed by atoms with Gasteiger partial charge in [-0.3, -0.25) is 15.1 Å². The van der Waals surface area contributed by atoms with E-state index in [1.54, 1.807) is 11.3 Å². The van der Waals surface area contributed by atoms with Crippen molar-refractivity contribution in [3.8, 4) is 21.6 Å². The Morgan fingerprint density at radius 2 is 1.72 bits per heavy atom. The van der Waals surface area contributed by atoms with Gasteiger partial charge in [0.2, 0.25) is 0 Å². The van der Waals surface area contributed by atoms with Gasteiger partial charge in [0, 0.05) is 53.1 Å². The number of benzene rings is 2. The van der Waals surface area contributed by atoms with Crippen molar-refractivity contribution in [2.75, 3.05) is 5.32 Å². The van der Waals surface area contributed by atoms with Crippen LogP contribution in [0.4, 0.5) is 5.69 Å². The van der Waals surface area contributed by atoms with Gasteiger partial charge in [-0.1, -0.05) is 49.0 Å². The Morgan fingerprint density at radius 3 is 2.56 bits per heavy atom. The minimum absolute atomic E-state index is 0.712. The highest BCUT2D eigenvalue weighted by Crippen LogP contribution is 2.33. The summed E-state index contributed by atoms with van der Waals surface area (Å²) in [5, 5.41) is 17.8. The number of aromatic nitrogens is 4. The van der Waals surface area contributed by atoms with Crippen molar-refractivity contribution in [3.05, 3.63) is 126 Å². The number of anilines is 1. The lowest BCUT2D eigenvalue weighted by Gasteiger charge is -2.13. The molecule has 0 bridgehead atoms. The molecule has 2 aromatic carbocycles. The van der Waals surface area contributed by atoms with E-state index in [2.05, 4.69) is 110 Å². The maximum Gasteiger partial charge on any atom is 0.116 e. The van der Waals surface area contributed by atoms with Crippen LogP contribution in [0.3, 0.4) is 0 Å². The van der Waals surface area contributed by atoms with Crippen LogP contribution in [0.5, 0.6) is 0 Å². The molecule has 192 valence electrons. The quantitative estimate of drug-likeness (QED) is 0.182. The van der Waals surface area contributed by atoms with Crippen LogP contribution in [0.1, 0.15) is 22.4 Å². The summed E-state index contributed by atoms with van der Waals surface area (Å²) >= 11 is 1.70. The van der Waals surface area contributed by atoms with Crippen molar-refractivity contribution in [1.82, 2.24) is 25.5 Å². The fraction of sp³-hybridized carbons (Fsp3) is 0.0938. The molecule has 0 radical (unpaired) electrons. The number of thiophene rings is 1. The maximum absolute atomic E-state index is 4.58. The molecular weight excluding hydrogens is 500 g/mol. The van der Waals surface area contributed by atoms with Crippen molar-refractivity contribution in [2.45, 2.75) is 20.0 Å². The zero-order valence-corrected chi connectivity index (χ0v) is 22.4. The first kappa shape index (κ1) is 24.7. The minimum atomic E-state index is 0.712. The zero-order chi connectivity index (χ0) is 26.6. The van der Waals surface area contributed by atoms with Crippen LogP contribution in [0.15, 0.2) is 103 Å². The average molecular weight is 529 g/mol. The van der Waals surface area contributed by atoms with E-state index in [0.717, 1.165) is 63.2 Å². The topological polar surface area (TPSA) is 78.5 Å². The summed E-state index contributed by atoms with van der Waals surface area (Å²) in [5.74, 6) is 0. The van der Waals surface area contributed by atoms with Gasteiger partial charge in [-0.15, -0.1) is 11.3 Å². The first-order chi connectivity index (χ1) is 19.2. The summed E-state index contributed by atoms with van der Waals surface area (Å²) < 4.78 is 0. The fourth-order valence-electron chi connectivity index (χ4n) is 4.67. The molecule has 6 nitrogen and oxygen atoms in total. The Morgan fingerprint density at radius 1 is 0.872 bits per heavy atom. The van der Waals surface area contributed by atoms with Crippen LogP contribution in [-0.2, 0) is 13.1 Å². The van der Waals surface area contributed by atoms with Crippen LogP contribution in [0.25, 0.3) is 38.2 Å². The van der Waals surface area contributed by atoms with E-state index < -0.39 is 0 Å². The van der Waals surface area contributed by atoms with Crippen LogP contribution >= 0.6 is 11.3 Å². The molecule has 7 heteroatoms. The molecule has 0 saturated heterocycles. The highest BCUT2D eigenvalue weighted by atomic mass is 32.1. The van der Waals surface area contributed by atoms with E-state index in [-0.39, 0.29) is 0 Å². The fourth-order valence-corrected chi connectivity index (χ4v) is 5.46. The predicted molar refractivity (Wildman–Crippen MR) is 161 cm³/mol. The third-order valence-electron chi connectivity index (χ3n) is 6.77. The lowest BCUT2D eigenvalue weighted by Crippen LogP contribution is -2.12. The first-order valence-corrected chi connectivity index (χ1v) is 13.7. The van der Waals surface area contributed by atoms with Crippen molar-refractivity contribution in [3.63, 3.8) is 0 Å². The highest BCUT2D eigenvalue weighted by Gasteiger charge is 2.14. The third kappa shape index (κ3) is 5.36. The molecular formula is C32H28N6S. The average Bonchev–Trinajstić information content (AvgIpc) is 3.65. The van der Waals surface area contributed by atoms with Crippen LogP contribution in [0, 0.1) is 6.92 Å². The lowest BCUT2D eigenvalue weighted by molar-refractivity contribution is 0.691. The highest BCUT2D eigenvalue weighted by molar-refractivity contribution is 7.13. The second-order valence-corrected chi connectivity index (χ2v) is 10.4. The molecule has 3 N–H and O–H groups in total. The Bertz CT molecular complexity index is 1740. The van der Waals surface area contributed by atoms with Gasteiger partial charge in [0.15, 0.2) is 0 Å². The number of pyridine rings is 2. The molecule has 0 aliphatic heterocycles. The van der Waals surface area contributed by atoms with E-state index in [9.17, 15) is 0 Å². The predicted octanol–water partition coefficient (Wildman–Crippen LogP) is 7.43. The summed E-state index contributed by atoms with van der Waals surface area (Å²) in [6, 6.07) is 23.0. The summed E-state index contributed by atoms with van der Waals surface area (Å²) in [7, 11) is 0. The molecule has 6 rings (SSSR count). The molecule has 0 amide bonds. The number of nitrogens with zero attached hydrogens (tertiary/aromatic N) is 3. The van der Waals surface area contributed by atoms with Gasteiger partial charge in [-0.2, -0.15) is 5.10 Å². The molecule has 0 atom stereocenters. The normalized spacial score (nSPS) is 11.1. The largest absolute Gasteiger partial charge is 0.353 e. The van der Waals surface area contributed by atoms with Gasteiger partial charge >= 0.3 is 0 Å². The number of nitrogens with one attached hydrogen (secondary N) is 3. The number of rotatable bonds is 9. The molecule has 0 fully saturated rings. The van der Waals surface area contributed by atoms with Gasteiger partial charge in [0.25, 0.3) is 0 Å². The van der Waals surface area contributed by atoms with Gasteiger partial charge in [0.1, 0.15) is 5.69 Å². The Balaban J connectivity index is 1.22. The standard InChI is InChI=1S/C32H28N6S/c1-21-28(31-9-6-12-39-31)19-35-20-30(21)36-22(2)32-27-14-25(10-11-29(27)37-38-32)26-13-24(17-34-18-26)16-33-15-23-7-4-3-5-8-23/h3-14,17-20,33,36H,2,15-16H2,1H3,(H,37,38). The monoisotopic (exact) mass is 528 g/mol. The van der Waals surface area contributed by atoms with Crippen molar-refractivity contribution < 1.29 is 0 Å². The maximum atomic E-state index is 4.58. The van der Waals surface area contributed by atoms with E-state index in [1.807, 2.05) is 30.9 Å². The molecule has 0 spiro atoms. The number of H-pyrrole nitrogens is 1. The van der Waals surface area contributed by atoms with E-state index in [4.69, 9.17) is 0 Å². The van der Waals surface area contributed by atoms with Crippen LogP contribution in [-0.4, -0.2) is 20.2 Å². The number of hydrogen-bond donors (Lipinski definition) is 3.